The Morgan fingerprint density at radius 2 is 1.73 bits per heavy atom. The van der Waals surface area contributed by atoms with E-state index in [1.54, 1.807) is 24.5 Å². The van der Waals surface area contributed by atoms with Gasteiger partial charge in [-0.1, -0.05) is 0 Å². The molecule has 0 spiro atoms. The second-order valence-electron chi connectivity index (χ2n) is 5.32. The summed E-state index contributed by atoms with van der Waals surface area (Å²) in [5.41, 5.74) is 0.713. The summed E-state index contributed by atoms with van der Waals surface area (Å²) in [6, 6.07) is 8.46. The number of anilines is 2. The van der Waals surface area contributed by atoms with E-state index in [0.717, 1.165) is 11.6 Å². The Labute approximate surface area is 146 Å². The number of pyridine rings is 2. The normalized spacial score (nSPS) is 10.4. The number of hydrogen-bond donors (Lipinski definition) is 2. The van der Waals surface area contributed by atoms with Gasteiger partial charge in [0.2, 0.25) is 0 Å². The highest BCUT2D eigenvalue weighted by atomic mass is 19.2. The first-order valence-corrected chi connectivity index (χ1v) is 7.58. The molecule has 0 saturated carbocycles. The van der Waals surface area contributed by atoms with Crippen LogP contribution in [0.2, 0.25) is 0 Å². The highest BCUT2D eigenvalue weighted by Crippen LogP contribution is 2.17. The summed E-state index contributed by atoms with van der Waals surface area (Å²) in [6.07, 6.45) is 4.73. The molecule has 0 atom stereocenters. The number of nitrogens with one attached hydrogen (secondary N) is 2. The molecule has 0 saturated heterocycles. The van der Waals surface area contributed by atoms with Crippen LogP contribution >= 0.6 is 0 Å². The fraction of sp³-hybridized carbons (Fsp3) is 0.0556. The van der Waals surface area contributed by atoms with Gasteiger partial charge in [-0.05, 0) is 42.0 Å². The molecule has 2 aromatic heterocycles. The summed E-state index contributed by atoms with van der Waals surface area (Å²) in [4.78, 5) is 20.1. The van der Waals surface area contributed by atoms with Crippen LogP contribution in [0, 0.1) is 17.5 Å². The zero-order valence-electron chi connectivity index (χ0n) is 13.3. The molecule has 2 heterocycles. The number of benzene rings is 1. The molecule has 0 radical (unpaired) electrons. The minimum atomic E-state index is -1.69. The maximum Gasteiger partial charge on any atom is 0.258 e. The average Bonchev–Trinajstić information content (AvgIpc) is 2.66. The molecular weight excluding hydrogens is 345 g/mol. The number of carbonyl (C=O) groups excluding carboxylic acids is 1. The van der Waals surface area contributed by atoms with E-state index in [4.69, 9.17) is 0 Å². The van der Waals surface area contributed by atoms with Crippen molar-refractivity contribution >= 4 is 17.4 Å². The summed E-state index contributed by atoms with van der Waals surface area (Å²) in [6.45, 7) is 0.543. The molecule has 0 aliphatic rings. The molecule has 132 valence electrons. The highest BCUT2D eigenvalue weighted by molar-refractivity contribution is 6.04. The van der Waals surface area contributed by atoms with Crippen LogP contribution in [0.25, 0.3) is 0 Å². The molecule has 0 fully saturated rings. The lowest BCUT2D eigenvalue weighted by Gasteiger charge is -2.09. The molecule has 1 aromatic carbocycles. The fourth-order valence-electron chi connectivity index (χ4n) is 2.17. The number of hydrogen-bond acceptors (Lipinski definition) is 4. The zero-order valence-corrected chi connectivity index (χ0v) is 13.3. The Balaban J connectivity index is 1.64. The van der Waals surface area contributed by atoms with Gasteiger partial charge in [-0.25, -0.2) is 18.2 Å². The second-order valence-corrected chi connectivity index (χ2v) is 5.32. The number of halogens is 3. The van der Waals surface area contributed by atoms with Crippen LogP contribution in [0.3, 0.4) is 0 Å². The summed E-state index contributed by atoms with van der Waals surface area (Å²) in [5, 5.41) is 5.47. The van der Waals surface area contributed by atoms with E-state index in [1.807, 2.05) is 12.1 Å². The molecule has 3 aromatic rings. The molecule has 0 aliphatic heterocycles. The Bertz CT molecular complexity index is 918. The Morgan fingerprint density at radius 3 is 2.42 bits per heavy atom. The van der Waals surface area contributed by atoms with Gasteiger partial charge in [-0.2, -0.15) is 0 Å². The SMILES string of the molecule is O=C(Nc1ccc(NCc2ccncc2)nc1)c1ccc(F)c(F)c1F. The largest absolute Gasteiger partial charge is 0.366 e. The van der Waals surface area contributed by atoms with Crippen molar-refractivity contribution in [1.29, 1.82) is 0 Å². The third kappa shape index (κ3) is 3.97. The predicted molar refractivity (Wildman–Crippen MR) is 90.1 cm³/mol. The maximum absolute atomic E-state index is 13.6. The fourth-order valence-corrected chi connectivity index (χ4v) is 2.17. The van der Waals surface area contributed by atoms with Crippen LogP contribution in [0.4, 0.5) is 24.7 Å². The molecule has 8 heteroatoms. The van der Waals surface area contributed by atoms with Crippen molar-refractivity contribution in [2.24, 2.45) is 0 Å². The van der Waals surface area contributed by atoms with Crippen molar-refractivity contribution in [2.75, 3.05) is 10.6 Å². The topological polar surface area (TPSA) is 66.9 Å². The van der Waals surface area contributed by atoms with Gasteiger partial charge in [0.05, 0.1) is 17.4 Å². The van der Waals surface area contributed by atoms with E-state index in [9.17, 15) is 18.0 Å². The molecule has 2 N–H and O–H groups in total. The third-order valence-electron chi connectivity index (χ3n) is 3.52. The van der Waals surface area contributed by atoms with Crippen molar-refractivity contribution in [1.82, 2.24) is 9.97 Å². The van der Waals surface area contributed by atoms with Crippen molar-refractivity contribution in [3.05, 3.63) is 83.6 Å². The highest BCUT2D eigenvalue weighted by Gasteiger charge is 2.18. The van der Waals surface area contributed by atoms with E-state index in [-0.39, 0.29) is 5.69 Å². The van der Waals surface area contributed by atoms with Crippen LogP contribution in [0.5, 0.6) is 0 Å². The lowest BCUT2D eigenvalue weighted by molar-refractivity contribution is 0.102. The van der Waals surface area contributed by atoms with Crippen LogP contribution in [0.1, 0.15) is 15.9 Å². The van der Waals surface area contributed by atoms with E-state index in [2.05, 4.69) is 20.6 Å². The lowest BCUT2D eigenvalue weighted by atomic mass is 10.2. The molecule has 0 bridgehead atoms. The van der Waals surface area contributed by atoms with E-state index >= 15 is 0 Å². The van der Waals surface area contributed by atoms with Crippen LogP contribution in [-0.2, 0) is 6.54 Å². The van der Waals surface area contributed by atoms with Gasteiger partial charge >= 0.3 is 0 Å². The first kappa shape index (κ1) is 17.4. The number of amides is 1. The second kappa shape index (κ2) is 7.64. The van der Waals surface area contributed by atoms with Crippen LogP contribution in [0.15, 0.2) is 55.0 Å². The summed E-state index contributed by atoms with van der Waals surface area (Å²) in [7, 11) is 0. The maximum atomic E-state index is 13.6. The number of aromatic nitrogens is 2. The van der Waals surface area contributed by atoms with Crippen LogP contribution < -0.4 is 10.6 Å². The number of carbonyl (C=O) groups is 1. The van der Waals surface area contributed by atoms with Gasteiger partial charge in [-0.15, -0.1) is 0 Å². The van der Waals surface area contributed by atoms with E-state index in [0.29, 0.717) is 18.4 Å². The smallest absolute Gasteiger partial charge is 0.258 e. The van der Waals surface area contributed by atoms with E-state index in [1.165, 1.54) is 6.20 Å². The van der Waals surface area contributed by atoms with Crippen molar-refractivity contribution < 1.29 is 18.0 Å². The monoisotopic (exact) mass is 358 g/mol. The van der Waals surface area contributed by atoms with Crippen molar-refractivity contribution in [3.63, 3.8) is 0 Å². The van der Waals surface area contributed by atoms with E-state index < -0.39 is 28.9 Å². The Kier molecular flexibility index (Phi) is 5.12. The third-order valence-corrected chi connectivity index (χ3v) is 3.52. The van der Waals surface area contributed by atoms with Gasteiger partial charge in [0, 0.05) is 18.9 Å². The molecule has 26 heavy (non-hydrogen) atoms. The molecule has 3 rings (SSSR count). The first-order valence-electron chi connectivity index (χ1n) is 7.58. The summed E-state index contributed by atoms with van der Waals surface area (Å²) >= 11 is 0. The lowest BCUT2D eigenvalue weighted by Crippen LogP contribution is -2.15. The summed E-state index contributed by atoms with van der Waals surface area (Å²) < 4.78 is 39.8. The minimum absolute atomic E-state index is 0.286. The number of nitrogens with zero attached hydrogens (tertiary/aromatic N) is 2. The Hall–Kier alpha value is -3.42. The van der Waals surface area contributed by atoms with Crippen LogP contribution in [-0.4, -0.2) is 15.9 Å². The standard InChI is InChI=1S/C18H13F3N4O/c19-14-3-2-13(16(20)17(14)21)18(26)25-12-1-4-15(24-10-12)23-9-11-5-7-22-8-6-11/h1-8,10H,9H2,(H,23,24)(H,25,26). The van der Waals surface area contributed by atoms with Crippen molar-refractivity contribution in [2.45, 2.75) is 6.54 Å². The number of rotatable bonds is 5. The molecule has 1 amide bonds. The summed E-state index contributed by atoms with van der Waals surface area (Å²) in [5.74, 6) is -4.91. The molecule has 0 unspecified atom stereocenters. The van der Waals surface area contributed by atoms with Gasteiger partial charge in [0.1, 0.15) is 5.82 Å². The minimum Gasteiger partial charge on any atom is -0.366 e. The molecular formula is C18H13F3N4O. The quantitative estimate of drug-likeness (QED) is 0.682. The van der Waals surface area contributed by atoms with Crippen molar-refractivity contribution in [3.8, 4) is 0 Å². The van der Waals surface area contributed by atoms with Gasteiger partial charge in [0.15, 0.2) is 17.5 Å². The first-order chi connectivity index (χ1) is 12.5. The van der Waals surface area contributed by atoms with Gasteiger partial charge < -0.3 is 10.6 Å². The Morgan fingerprint density at radius 1 is 0.962 bits per heavy atom. The predicted octanol–water partition coefficient (Wildman–Crippen LogP) is 3.76. The van der Waals surface area contributed by atoms with Gasteiger partial charge in [-0.3, -0.25) is 9.78 Å². The molecule has 5 nitrogen and oxygen atoms in total. The molecule has 0 aliphatic carbocycles. The zero-order chi connectivity index (χ0) is 18.5. The average molecular weight is 358 g/mol. The van der Waals surface area contributed by atoms with Gasteiger partial charge in [0.25, 0.3) is 5.91 Å².